The Labute approximate surface area is 162 Å². The number of nitrogens with one attached hydrogen (secondary N) is 3. The van der Waals surface area contributed by atoms with Crippen LogP contribution in [-0.4, -0.2) is 38.0 Å². The average molecular weight is 379 g/mol. The first-order chi connectivity index (χ1) is 12.3. The number of hydrogen-bond donors (Lipinski definition) is 3. The third-order valence-corrected chi connectivity index (χ3v) is 4.79. The first-order valence-electron chi connectivity index (χ1n) is 9.33. The Kier molecular flexibility index (Phi) is 6.93. The molecule has 0 saturated heterocycles. The molecule has 1 fully saturated rings. The fraction of sp³-hybridized carbons (Fsp3) is 0.600. The molecular weight excluding hydrogens is 348 g/mol. The highest BCUT2D eigenvalue weighted by atomic mass is 35.5. The molecule has 1 aromatic carbocycles. The minimum atomic E-state index is -0.367. The summed E-state index contributed by atoms with van der Waals surface area (Å²) in [4.78, 5) is 16.6. The van der Waals surface area contributed by atoms with Gasteiger partial charge in [-0.15, -0.1) is 0 Å². The van der Waals surface area contributed by atoms with Crippen LogP contribution in [0.25, 0.3) is 0 Å². The molecule has 1 amide bonds. The van der Waals surface area contributed by atoms with Gasteiger partial charge in [0.05, 0.1) is 6.54 Å². The van der Waals surface area contributed by atoms with Gasteiger partial charge in [0.15, 0.2) is 5.96 Å². The van der Waals surface area contributed by atoms with Crippen molar-refractivity contribution in [2.24, 2.45) is 10.4 Å². The van der Waals surface area contributed by atoms with Crippen LogP contribution in [0.5, 0.6) is 0 Å². The lowest BCUT2D eigenvalue weighted by Crippen LogP contribution is -2.43. The number of amides is 1. The van der Waals surface area contributed by atoms with Crippen LogP contribution < -0.4 is 16.0 Å². The minimum absolute atomic E-state index is 0.0547. The molecule has 0 radical (unpaired) electrons. The predicted molar refractivity (Wildman–Crippen MR) is 109 cm³/mol. The van der Waals surface area contributed by atoms with E-state index in [4.69, 9.17) is 16.6 Å². The van der Waals surface area contributed by atoms with Gasteiger partial charge in [-0.1, -0.05) is 44.5 Å². The summed E-state index contributed by atoms with van der Waals surface area (Å²) in [5.41, 5.74) is 1.02. The van der Waals surface area contributed by atoms with Crippen LogP contribution in [0.2, 0.25) is 5.02 Å². The fourth-order valence-electron chi connectivity index (χ4n) is 2.70. The van der Waals surface area contributed by atoms with Crippen molar-refractivity contribution in [2.75, 3.05) is 26.2 Å². The molecule has 0 unspecified atom stereocenters. The Morgan fingerprint density at radius 2 is 1.88 bits per heavy atom. The van der Waals surface area contributed by atoms with Gasteiger partial charge in [0, 0.05) is 35.5 Å². The number of carbonyl (C=O) groups excluding carboxylic acids is 1. The van der Waals surface area contributed by atoms with E-state index in [1.54, 1.807) is 0 Å². The van der Waals surface area contributed by atoms with E-state index in [0.29, 0.717) is 13.1 Å². The van der Waals surface area contributed by atoms with E-state index in [2.05, 4.69) is 22.0 Å². The first kappa shape index (κ1) is 20.6. The summed E-state index contributed by atoms with van der Waals surface area (Å²) in [5.74, 6) is 0.838. The van der Waals surface area contributed by atoms with Crippen molar-refractivity contribution < 1.29 is 4.79 Å². The largest absolute Gasteiger partial charge is 0.357 e. The molecule has 144 valence electrons. The normalized spacial score (nSPS) is 16.1. The summed E-state index contributed by atoms with van der Waals surface area (Å²) in [6.45, 7) is 10.5. The third-order valence-electron chi connectivity index (χ3n) is 4.56. The van der Waals surface area contributed by atoms with Crippen molar-refractivity contribution in [1.82, 2.24) is 16.0 Å². The molecule has 26 heavy (non-hydrogen) atoms. The van der Waals surface area contributed by atoms with Crippen LogP contribution >= 0.6 is 11.6 Å². The summed E-state index contributed by atoms with van der Waals surface area (Å²) < 4.78 is 0. The maximum absolute atomic E-state index is 11.9. The van der Waals surface area contributed by atoms with Crippen molar-refractivity contribution in [3.05, 3.63) is 34.9 Å². The highest BCUT2D eigenvalue weighted by molar-refractivity contribution is 6.30. The lowest BCUT2D eigenvalue weighted by atomic mass is 9.96. The minimum Gasteiger partial charge on any atom is -0.357 e. The molecule has 1 saturated carbocycles. The molecule has 3 N–H and O–H groups in total. The summed E-state index contributed by atoms with van der Waals surface area (Å²) in [6, 6.07) is 8.09. The quantitative estimate of drug-likeness (QED) is 0.388. The van der Waals surface area contributed by atoms with E-state index in [9.17, 15) is 4.79 Å². The van der Waals surface area contributed by atoms with E-state index < -0.39 is 0 Å². The third kappa shape index (κ3) is 5.90. The highest BCUT2D eigenvalue weighted by Crippen LogP contribution is 2.48. The topological polar surface area (TPSA) is 65.5 Å². The maximum Gasteiger partial charge on any atom is 0.225 e. The van der Waals surface area contributed by atoms with Crippen LogP contribution in [0.1, 0.15) is 46.1 Å². The molecule has 6 heteroatoms. The number of hydrogen-bond acceptors (Lipinski definition) is 2. The first-order valence-corrected chi connectivity index (χ1v) is 9.71. The van der Waals surface area contributed by atoms with E-state index >= 15 is 0 Å². The monoisotopic (exact) mass is 378 g/mol. The second-order valence-corrected chi connectivity index (χ2v) is 8.35. The average Bonchev–Trinajstić information content (AvgIpc) is 3.36. The highest BCUT2D eigenvalue weighted by Gasteiger charge is 2.44. The molecule has 1 aliphatic carbocycles. The van der Waals surface area contributed by atoms with Crippen LogP contribution in [0.15, 0.2) is 29.3 Å². The summed E-state index contributed by atoms with van der Waals surface area (Å²) >= 11 is 6.14. The molecule has 0 bridgehead atoms. The van der Waals surface area contributed by atoms with Crippen LogP contribution in [0.3, 0.4) is 0 Å². The van der Waals surface area contributed by atoms with Crippen LogP contribution in [0.4, 0.5) is 0 Å². The van der Waals surface area contributed by atoms with E-state index in [-0.39, 0.29) is 16.7 Å². The van der Waals surface area contributed by atoms with Gasteiger partial charge < -0.3 is 16.0 Å². The molecule has 0 heterocycles. The molecule has 1 aromatic rings. The Balaban J connectivity index is 1.88. The summed E-state index contributed by atoms with van der Waals surface area (Å²) in [7, 11) is 0. The molecule has 0 atom stereocenters. The summed E-state index contributed by atoms with van der Waals surface area (Å²) in [6.07, 6.45) is 2.27. The molecule has 5 nitrogen and oxygen atoms in total. The van der Waals surface area contributed by atoms with Crippen molar-refractivity contribution in [1.29, 1.82) is 0 Å². The zero-order valence-corrected chi connectivity index (χ0v) is 17.0. The number of guanidine groups is 1. The Morgan fingerprint density at radius 1 is 1.19 bits per heavy atom. The van der Waals surface area contributed by atoms with Gasteiger partial charge in [0.25, 0.3) is 0 Å². The predicted octanol–water partition coefficient (Wildman–Crippen LogP) is 3.09. The number of benzene rings is 1. The van der Waals surface area contributed by atoms with Crippen LogP contribution in [0, 0.1) is 5.41 Å². The van der Waals surface area contributed by atoms with Crippen molar-refractivity contribution >= 4 is 23.5 Å². The van der Waals surface area contributed by atoms with Gasteiger partial charge in [0.2, 0.25) is 5.91 Å². The van der Waals surface area contributed by atoms with E-state index in [0.717, 1.165) is 36.9 Å². The van der Waals surface area contributed by atoms with Gasteiger partial charge in [-0.25, -0.2) is 0 Å². The van der Waals surface area contributed by atoms with Gasteiger partial charge >= 0.3 is 0 Å². The number of rotatable bonds is 7. The Bertz CT molecular complexity index is 647. The zero-order chi connectivity index (χ0) is 19.2. The second-order valence-electron chi connectivity index (χ2n) is 7.92. The zero-order valence-electron chi connectivity index (χ0n) is 16.3. The molecule has 1 aliphatic rings. The lowest BCUT2D eigenvalue weighted by Gasteiger charge is -2.19. The van der Waals surface area contributed by atoms with Crippen molar-refractivity contribution in [3.63, 3.8) is 0 Å². The second kappa shape index (κ2) is 8.76. The van der Waals surface area contributed by atoms with Crippen molar-refractivity contribution in [2.45, 2.75) is 46.0 Å². The van der Waals surface area contributed by atoms with Gasteiger partial charge in [-0.3, -0.25) is 9.79 Å². The number of carbonyl (C=O) groups is 1. The number of halogens is 1. The maximum atomic E-state index is 11.9. The molecule has 0 aliphatic heterocycles. The Morgan fingerprint density at radius 3 is 2.46 bits per heavy atom. The summed E-state index contributed by atoms with van der Waals surface area (Å²) in [5, 5.41) is 10.3. The fourth-order valence-corrected chi connectivity index (χ4v) is 2.89. The Hall–Kier alpha value is -1.75. The van der Waals surface area contributed by atoms with Gasteiger partial charge in [-0.2, -0.15) is 0 Å². The molecule has 0 spiro atoms. The van der Waals surface area contributed by atoms with E-state index in [1.807, 2.05) is 45.9 Å². The lowest BCUT2D eigenvalue weighted by molar-refractivity contribution is -0.128. The van der Waals surface area contributed by atoms with E-state index in [1.165, 1.54) is 5.56 Å². The molecule has 2 rings (SSSR count). The standard InChI is InChI=1S/C20H31ClN4O/c1-5-22-18(24-12-11-23-17(26)19(2,3)4)25-14-20(9-10-20)15-7-6-8-16(21)13-15/h6-8,13H,5,9-12,14H2,1-4H3,(H,23,26)(H2,22,24,25). The SMILES string of the molecule is CCNC(=NCC1(c2cccc(Cl)c2)CC1)NCCNC(=O)C(C)(C)C. The smallest absolute Gasteiger partial charge is 0.225 e. The number of nitrogens with zero attached hydrogens (tertiary/aromatic N) is 1. The number of aliphatic imine (C=N–C) groups is 1. The molecule has 0 aromatic heterocycles. The molecular formula is C20H31ClN4O. The van der Waals surface area contributed by atoms with Gasteiger partial charge in [-0.05, 0) is 37.5 Å². The van der Waals surface area contributed by atoms with Crippen LogP contribution in [-0.2, 0) is 10.2 Å². The van der Waals surface area contributed by atoms with Gasteiger partial charge in [0.1, 0.15) is 0 Å². The van der Waals surface area contributed by atoms with Crippen molar-refractivity contribution in [3.8, 4) is 0 Å².